The molecule has 0 atom stereocenters. The van der Waals surface area contributed by atoms with Gasteiger partial charge < -0.3 is 4.98 Å². The second-order valence-electron chi connectivity index (χ2n) is 7.34. The number of halogens is 2. The van der Waals surface area contributed by atoms with Gasteiger partial charge in [-0.2, -0.15) is 5.10 Å². The van der Waals surface area contributed by atoms with Gasteiger partial charge in [0, 0.05) is 36.9 Å². The van der Waals surface area contributed by atoms with Crippen LogP contribution in [0.25, 0.3) is 21.8 Å². The Hall–Kier alpha value is -3.02. The van der Waals surface area contributed by atoms with Crippen molar-refractivity contribution in [2.75, 3.05) is 0 Å². The van der Waals surface area contributed by atoms with E-state index in [1.54, 1.807) is 6.07 Å². The maximum Gasteiger partial charge on any atom is 0.249 e. The molecule has 5 rings (SSSR count). The van der Waals surface area contributed by atoms with Crippen molar-refractivity contribution in [1.82, 2.24) is 15.2 Å². The number of hydrogen-bond donors (Lipinski definition) is 2. The molecule has 2 aromatic carbocycles. The highest BCUT2D eigenvalue weighted by atomic mass is 19.3. The molecule has 0 bridgehead atoms. The third kappa shape index (κ3) is 2.81. The van der Waals surface area contributed by atoms with Crippen molar-refractivity contribution in [2.24, 2.45) is 0 Å². The van der Waals surface area contributed by atoms with Gasteiger partial charge in [0.1, 0.15) is 0 Å². The molecule has 27 heavy (non-hydrogen) atoms. The first-order chi connectivity index (χ1) is 13.0. The zero-order chi connectivity index (χ0) is 18.6. The Labute approximate surface area is 153 Å². The molecule has 4 aromatic rings. The minimum Gasteiger partial charge on any atom is -0.341 e. The first-order valence-electron chi connectivity index (χ1n) is 8.94. The Balaban J connectivity index is 1.48. The first kappa shape index (κ1) is 16.2. The zero-order valence-corrected chi connectivity index (χ0v) is 14.4. The lowest BCUT2D eigenvalue weighted by Gasteiger charge is -2.34. The molecule has 1 saturated carbocycles. The standard InChI is InChI=1S/C21H17F2N3O/c22-21(23)10-15(11-21)19-18-17(27)9-16(24-20(18)26-25-19)8-12-5-6-13-3-1-2-4-14(13)7-12/h1-7,9,15H,8,10-11H2,(H2,24,25,26,27). The van der Waals surface area contributed by atoms with E-state index in [1.165, 1.54) is 5.39 Å². The topological polar surface area (TPSA) is 61.5 Å². The number of nitrogens with zero attached hydrogens (tertiary/aromatic N) is 1. The lowest BCUT2D eigenvalue weighted by molar-refractivity contribution is -0.0873. The average Bonchev–Trinajstić information content (AvgIpc) is 3.03. The van der Waals surface area contributed by atoms with Gasteiger partial charge in [-0.05, 0) is 16.3 Å². The van der Waals surface area contributed by atoms with Crippen LogP contribution in [0.15, 0.2) is 53.3 Å². The fourth-order valence-electron chi connectivity index (χ4n) is 3.94. The van der Waals surface area contributed by atoms with E-state index < -0.39 is 5.92 Å². The molecule has 0 saturated heterocycles. The summed E-state index contributed by atoms with van der Waals surface area (Å²) in [5, 5.41) is 9.66. The Morgan fingerprint density at radius 3 is 2.63 bits per heavy atom. The molecule has 4 nitrogen and oxygen atoms in total. The van der Waals surface area contributed by atoms with Crippen LogP contribution in [-0.4, -0.2) is 21.1 Å². The summed E-state index contributed by atoms with van der Waals surface area (Å²) >= 11 is 0. The van der Waals surface area contributed by atoms with Crippen LogP contribution in [0.4, 0.5) is 8.78 Å². The van der Waals surface area contributed by atoms with E-state index >= 15 is 0 Å². The van der Waals surface area contributed by atoms with Gasteiger partial charge in [0.25, 0.3) is 0 Å². The van der Waals surface area contributed by atoms with Gasteiger partial charge in [-0.1, -0.05) is 42.5 Å². The second-order valence-corrected chi connectivity index (χ2v) is 7.34. The fraction of sp³-hybridized carbons (Fsp3) is 0.238. The smallest absolute Gasteiger partial charge is 0.249 e. The monoisotopic (exact) mass is 365 g/mol. The number of fused-ring (bicyclic) bond motifs is 2. The van der Waals surface area contributed by atoms with Crippen LogP contribution in [0.2, 0.25) is 0 Å². The predicted molar refractivity (Wildman–Crippen MR) is 100 cm³/mol. The van der Waals surface area contributed by atoms with Gasteiger partial charge >= 0.3 is 0 Å². The van der Waals surface area contributed by atoms with Crippen molar-refractivity contribution < 1.29 is 8.78 Å². The molecule has 0 spiro atoms. The number of pyridine rings is 1. The van der Waals surface area contributed by atoms with Crippen molar-refractivity contribution in [2.45, 2.75) is 31.1 Å². The van der Waals surface area contributed by atoms with Gasteiger partial charge in [0.2, 0.25) is 5.92 Å². The van der Waals surface area contributed by atoms with Crippen LogP contribution < -0.4 is 5.43 Å². The molecule has 1 aliphatic rings. The molecule has 1 aliphatic carbocycles. The summed E-state index contributed by atoms with van der Waals surface area (Å²) in [7, 11) is 0. The lowest BCUT2D eigenvalue weighted by Crippen LogP contribution is -2.34. The first-order valence-corrected chi connectivity index (χ1v) is 8.94. The Kier molecular flexibility index (Phi) is 3.44. The third-order valence-corrected chi connectivity index (χ3v) is 5.33. The molecule has 2 heterocycles. The number of benzene rings is 2. The van der Waals surface area contributed by atoms with Crippen LogP contribution in [0.3, 0.4) is 0 Å². The summed E-state index contributed by atoms with van der Waals surface area (Å²) < 4.78 is 26.4. The molecule has 2 aromatic heterocycles. The molecule has 1 fully saturated rings. The number of H-pyrrole nitrogens is 2. The van der Waals surface area contributed by atoms with E-state index in [1.807, 2.05) is 18.2 Å². The number of aromatic nitrogens is 3. The highest BCUT2D eigenvalue weighted by molar-refractivity contribution is 5.83. The van der Waals surface area contributed by atoms with Crippen molar-refractivity contribution in [3.63, 3.8) is 0 Å². The maximum atomic E-state index is 13.2. The molecular formula is C21H17F2N3O. The second kappa shape index (κ2) is 5.74. The SMILES string of the molecule is O=c1cc(Cc2ccc3ccccc3c2)[nH]c2n[nH]c(C3CC(F)(F)C3)c12. The number of rotatable bonds is 3. The molecule has 0 aliphatic heterocycles. The lowest BCUT2D eigenvalue weighted by atomic mass is 9.78. The minimum atomic E-state index is -2.63. The highest BCUT2D eigenvalue weighted by Gasteiger charge is 2.47. The molecule has 0 unspecified atom stereocenters. The molecule has 0 radical (unpaired) electrons. The Bertz CT molecular complexity index is 1220. The molecule has 136 valence electrons. The average molecular weight is 365 g/mol. The summed E-state index contributed by atoms with van der Waals surface area (Å²) in [6, 6.07) is 15.9. The largest absolute Gasteiger partial charge is 0.341 e. The van der Waals surface area contributed by atoms with E-state index in [2.05, 4.69) is 39.4 Å². The Morgan fingerprint density at radius 2 is 1.85 bits per heavy atom. The Morgan fingerprint density at radius 1 is 1.07 bits per heavy atom. The predicted octanol–water partition coefficient (Wildman–Crippen LogP) is 4.51. The maximum absolute atomic E-state index is 13.2. The molecule has 2 N–H and O–H groups in total. The summed E-state index contributed by atoms with van der Waals surface area (Å²) in [5.41, 5.74) is 2.61. The van der Waals surface area contributed by atoms with Gasteiger partial charge in [-0.3, -0.25) is 9.89 Å². The van der Waals surface area contributed by atoms with E-state index in [4.69, 9.17) is 0 Å². The number of nitrogens with one attached hydrogen (secondary N) is 2. The van der Waals surface area contributed by atoms with Crippen LogP contribution in [0, 0.1) is 0 Å². The van der Waals surface area contributed by atoms with Gasteiger partial charge in [-0.15, -0.1) is 0 Å². The summed E-state index contributed by atoms with van der Waals surface area (Å²) in [6.45, 7) is 0. The zero-order valence-electron chi connectivity index (χ0n) is 14.4. The fourth-order valence-corrected chi connectivity index (χ4v) is 3.94. The normalized spacial score (nSPS) is 16.7. The highest BCUT2D eigenvalue weighted by Crippen LogP contribution is 2.48. The van der Waals surface area contributed by atoms with Crippen LogP contribution in [0.1, 0.15) is 35.7 Å². The summed E-state index contributed by atoms with van der Waals surface area (Å²) in [4.78, 5) is 15.8. The van der Waals surface area contributed by atoms with Crippen LogP contribution in [0.5, 0.6) is 0 Å². The van der Waals surface area contributed by atoms with Crippen molar-refractivity contribution in [3.8, 4) is 0 Å². The molecule has 6 heteroatoms. The van der Waals surface area contributed by atoms with E-state index in [0.29, 0.717) is 23.1 Å². The third-order valence-electron chi connectivity index (χ3n) is 5.33. The minimum absolute atomic E-state index is 0.182. The number of alkyl halides is 2. The molecule has 0 amide bonds. The van der Waals surface area contributed by atoms with Crippen LogP contribution in [-0.2, 0) is 6.42 Å². The van der Waals surface area contributed by atoms with Gasteiger partial charge in [-0.25, -0.2) is 8.78 Å². The number of aromatic amines is 2. The van der Waals surface area contributed by atoms with Crippen molar-refractivity contribution >= 4 is 21.8 Å². The quantitative estimate of drug-likeness (QED) is 0.561. The van der Waals surface area contributed by atoms with Gasteiger partial charge in [0.15, 0.2) is 11.1 Å². The number of hydrogen-bond acceptors (Lipinski definition) is 2. The van der Waals surface area contributed by atoms with E-state index in [-0.39, 0.29) is 24.2 Å². The van der Waals surface area contributed by atoms with E-state index in [0.717, 1.165) is 16.6 Å². The molecular weight excluding hydrogens is 348 g/mol. The summed E-state index contributed by atoms with van der Waals surface area (Å²) in [5.74, 6) is -2.97. The van der Waals surface area contributed by atoms with E-state index in [9.17, 15) is 13.6 Å². The summed E-state index contributed by atoms with van der Waals surface area (Å²) in [6.07, 6.45) is 0.102. The van der Waals surface area contributed by atoms with Gasteiger partial charge in [0.05, 0.1) is 11.1 Å². The van der Waals surface area contributed by atoms with Crippen molar-refractivity contribution in [3.05, 3.63) is 75.7 Å². The van der Waals surface area contributed by atoms with Crippen LogP contribution >= 0.6 is 0 Å². The van der Waals surface area contributed by atoms with Crippen molar-refractivity contribution in [1.29, 1.82) is 0 Å².